The number of ether oxygens (including phenoxy) is 1. The predicted octanol–water partition coefficient (Wildman–Crippen LogP) is 4.45. The van der Waals surface area contributed by atoms with E-state index in [-0.39, 0.29) is 5.91 Å². The number of rotatable bonds is 10. The Balaban J connectivity index is 1.48. The molecule has 3 aromatic rings. The lowest BCUT2D eigenvalue weighted by Gasteiger charge is -2.08. The fraction of sp³-hybridized carbons (Fsp3) is 0.227. The van der Waals surface area contributed by atoms with Crippen LogP contribution in [0, 0.1) is 0 Å². The summed E-state index contributed by atoms with van der Waals surface area (Å²) in [5.74, 6) is 2.10. The standard InChI is InChI=1S/C22H23ClN4O2S/c1-2-27-20(16-24-21(28)13-12-17-8-6-7-11-19(17)23)25-26-22(27)30-15-14-29-18-9-4-3-5-10-18/h3-13H,2,14-16H2,1H3,(H,24,28)/b13-12+. The molecule has 2 aromatic carbocycles. The van der Waals surface area contributed by atoms with Crippen LogP contribution in [0.2, 0.25) is 5.02 Å². The summed E-state index contributed by atoms with van der Waals surface area (Å²) in [5.41, 5.74) is 0.794. The number of nitrogens with zero attached hydrogens (tertiary/aromatic N) is 3. The van der Waals surface area contributed by atoms with Crippen LogP contribution in [0.5, 0.6) is 5.75 Å². The van der Waals surface area contributed by atoms with Crippen LogP contribution in [0.25, 0.3) is 6.08 Å². The number of benzene rings is 2. The summed E-state index contributed by atoms with van der Waals surface area (Å²) in [5, 5.41) is 12.7. The maximum atomic E-state index is 12.1. The summed E-state index contributed by atoms with van der Waals surface area (Å²) in [6.45, 7) is 3.61. The van der Waals surface area contributed by atoms with E-state index in [0.717, 1.165) is 28.8 Å². The number of amides is 1. The second-order valence-corrected chi connectivity index (χ2v) is 7.69. The summed E-state index contributed by atoms with van der Waals surface area (Å²) in [7, 11) is 0. The van der Waals surface area contributed by atoms with Gasteiger partial charge in [-0.25, -0.2) is 0 Å². The number of carbonyl (C=O) groups is 1. The number of hydrogen-bond acceptors (Lipinski definition) is 5. The molecule has 0 bridgehead atoms. The second-order valence-electron chi connectivity index (χ2n) is 6.23. The first-order chi connectivity index (χ1) is 14.7. The van der Waals surface area contributed by atoms with Gasteiger partial charge >= 0.3 is 0 Å². The molecule has 0 spiro atoms. The fourth-order valence-electron chi connectivity index (χ4n) is 2.68. The number of halogens is 1. The molecule has 3 rings (SSSR count). The van der Waals surface area contributed by atoms with Gasteiger partial charge < -0.3 is 14.6 Å². The highest BCUT2D eigenvalue weighted by molar-refractivity contribution is 7.99. The summed E-state index contributed by atoms with van der Waals surface area (Å²) < 4.78 is 7.70. The van der Waals surface area contributed by atoms with Gasteiger partial charge in [-0.1, -0.05) is 59.8 Å². The number of carbonyl (C=O) groups excluding carboxylic acids is 1. The van der Waals surface area contributed by atoms with Gasteiger partial charge in [0, 0.05) is 23.4 Å². The van der Waals surface area contributed by atoms with E-state index in [2.05, 4.69) is 15.5 Å². The quantitative estimate of drug-likeness (QED) is 0.285. The van der Waals surface area contributed by atoms with Gasteiger partial charge in [0.05, 0.1) is 13.2 Å². The van der Waals surface area contributed by atoms with Crippen molar-refractivity contribution < 1.29 is 9.53 Å². The van der Waals surface area contributed by atoms with Crippen LogP contribution >= 0.6 is 23.4 Å². The fourth-order valence-corrected chi connectivity index (χ4v) is 3.72. The molecule has 0 unspecified atom stereocenters. The molecule has 1 heterocycles. The molecule has 0 saturated heterocycles. The van der Waals surface area contributed by atoms with Crippen molar-refractivity contribution in [3.05, 3.63) is 77.1 Å². The molecule has 0 radical (unpaired) electrons. The minimum Gasteiger partial charge on any atom is -0.493 e. The third-order valence-electron chi connectivity index (χ3n) is 4.18. The summed E-state index contributed by atoms with van der Waals surface area (Å²) in [6, 6.07) is 17.1. The Hall–Kier alpha value is -2.77. The molecule has 1 N–H and O–H groups in total. The average Bonchev–Trinajstić information content (AvgIpc) is 3.17. The first kappa shape index (κ1) is 21.9. The SMILES string of the molecule is CCn1c(CNC(=O)/C=C/c2ccccc2Cl)nnc1SCCOc1ccccc1. The van der Waals surface area contributed by atoms with E-state index in [0.29, 0.717) is 24.0 Å². The van der Waals surface area contributed by atoms with Gasteiger partial charge in [0.1, 0.15) is 5.75 Å². The van der Waals surface area contributed by atoms with E-state index in [1.165, 1.54) is 6.08 Å². The van der Waals surface area contributed by atoms with Crippen molar-refractivity contribution in [1.82, 2.24) is 20.1 Å². The topological polar surface area (TPSA) is 69.0 Å². The molecule has 6 nitrogen and oxygen atoms in total. The molecule has 156 valence electrons. The molecule has 0 aliphatic rings. The van der Waals surface area contributed by atoms with Gasteiger partial charge in [-0.15, -0.1) is 10.2 Å². The van der Waals surface area contributed by atoms with Crippen molar-refractivity contribution in [2.75, 3.05) is 12.4 Å². The maximum Gasteiger partial charge on any atom is 0.244 e. The largest absolute Gasteiger partial charge is 0.493 e. The Morgan fingerprint density at radius 1 is 1.17 bits per heavy atom. The summed E-state index contributed by atoms with van der Waals surface area (Å²) in [4.78, 5) is 12.1. The van der Waals surface area contributed by atoms with Gasteiger partial charge in [-0.05, 0) is 36.8 Å². The molecule has 0 saturated carbocycles. The molecule has 1 amide bonds. The molecule has 8 heteroatoms. The van der Waals surface area contributed by atoms with Crippen LogP contribution in [0.3, 0.4) is 0 Å². The van der Waals surface area contributed by atoms with Crippen molar-refractivity contribution in [3.63, 3.8) is 0 Å². The lowest BCUT2D eigenvalue weighted by molar-refractivity contribution is -0.116. The average molecular weight is 443 g/mol. The minimum absolute atomic E-state index is 0.217. The van der Waals surface area contributed by atoms with E-state index in [9.17, 15) is 4.79 Å². The van der Waals surface area contributed by atoms with Crippen LogP contribution in [0.4, 0.5) is 0 Å². The Kier molecular flexibility index (Phi) is 8.35. The zero-order valence-corrected chi connectivity index (χ0v) is 18.2. The van der Waals surface area contributed by atoms with E-state index >= 15 is 0 Å². The van der Waals surface area contributed by atoms with Crippen LogP contribution < -0.4 is 10.1 Å². The smallest absolute Gasteiger partial charge is 0.244 e. The monoisotopic (exact) mass is 442 g/mol. The Bertz CT molecular complexity index is 992. The molecule has 0 aliphatic carbocycles. The van der Waals surface area contributed by atoms with E-state index in [1.54, 1.807) is 23.9 Å². The summed E-state index contributed by atoms with van der Waals surface area (Å²) in [6.07, 6.45) is 3.15. The minimum atomic E-state index is -0.217. The van der Waals surface area contributed by atoms with Crippen LogP contribution in [0.15, 0.2) is 65.8 Å². The number of hydrogen-bond donors (Lipinski definition) is 1. The second kappa shape index (κ2) is 11.4. The Labute approximate surface area is 185 Å². The molecule has 0 aliphatic heterocycles. The van der Waals surface area contributed by atoms with Gasteiger partial charge in [0.25, 0.3) is 0 Å². The highest BCUT2D eigenvalue weighted by atomic mass is 35.5. The maximum absolute atomic E-state index is 12.1. The third-order valence-corrected chi connectivity index (χ3v) is 5.45. The van der Waals surface area contributed by atoms with Crippen LogP contribution in [0.1, 0.15) is 18.3 Å². The van der Waals surface area contributed by atoms with Gasteiger partial charge in [0.15, 0.2) is 11.0 Å². The number of thioether (sulfide) groups is 1. The van der Waals surface area contributed by atoms with E-state index in [1.807, 2.05) is 60.0 Å². The normalized spacial score (nSPS) is 11.0. The van der Waals surface area contributed by atoms with Crippen LogP contribution in [-0.2, 0) is 17.9 Å². The van der Waals surface area contributed by atoms with Crippen LogP contribution in [-0.4, -0.2) is 33.0 Å². The van der Waals surface area contributed by atoms with Crippen molar-refractivity contribution in [2.45, 2.75) is 25.2 Å². The molecular weight excluding hydrogens is 420 g/mol. The van der Waals surface area contributed by atoms with Gasteiger partial charge in [-0.3, -0.25) is 4.79 Å². The predicted molar refractivity (Wildman–Crippen MR) is 121 cm³/mol. The molecule has 30 heavy (non-hydrogen) atoms. The molecule has 1 aromatic heterocycles. The number of nitrogens with one attached hydrogen (secondary N) is 1. The van der Waals surface area contributed by atoms with E-state index < -0.39 is 0 Å². The van der Waals surface area contributed by atoms with Crippen molar-refractivity contribution in [2.24, 2.45) is 0 Å². The molecular formula is C22H23ClN4O2S. The number of aromatic nitrogens is 3. The first-order valence-corrected chi connectivity index (χ1v) is 11.0. The Morgan fingerprint density at radius 2 is 1.93 bits per heavy atom. The zero-order valence-electron chi connectivity index (χ0n) is 16.6. The molecule has 0 atom stereocenters. The van der Waals surface area contributed by atoms with Gasteiger partial charge in [0.2, 0.25) is 5.91 Å². The van der Waals surface area contributed by atoms with Crippen molar-refractivity contribution in [3.8, 4) is 5.75 Å². The lowest BCUT2D eigenvalue weighted by atomic mass is 10.2. The zero-order chi connectivity index (χ0) is 21.2. The summed E-state index contributed by atoms with van der Waals surface area (Å²) >= 11 is 7.67. The van der Waals surface area contributed by atoms with Gasteiger partial charge in [-0.2, -0.15) is 0 Å². The number of para-hydroxylation sites is 1. The van der Waals surface area contributed by atoms with Crippen molar-refractivity contribution in [1.29, 1.82) is 0 Å². The third kappa shape index (κ3) is 6.37. The van der Waals surface area contributed by atoms with E-state index in [4.69, 9.17) is 16.3 Å². The van der Waals surface area contributed by atoms with Crippen molar-refractivity contribution >= 4 is 35.3 Å². The molecule has 0 fully saturated rings. The Morgan fingerprint density at radius 3 is 2.70 bits per heavy atom. The highest BCUT2D eigenvalue weighted by Gasteiger charge is 2.12. The lowest BCUT2D eigenvalue weighted by Crippen LogP contribution is -2.22. The highest BCUT2D eigenvalue weighted by Crippen LogP contribution is 2.18. The first-order valence-electron chi connectivity index (χ1n) is 9.60.